The van der Waals surface area contributed by atoms with Gasteiger partial charge in [0.25, 0.3) is 0 Å². The monoisotopic (exact) mass is 288 g/mol. The first-order chi connectivity index (χ1) is 9.54. The van der Waals surface area contributed by atoms with Gasteiger partial charge in [-0.15, -0.1) is 0 Å². The van der Waals surface area contributed by atoms with Gasteiger partial charge in [0.15, 0.2) is 17.5 Å². The molecule has 1 saturated heterocycles. The molecule has 0 spiro atoms. The van der Waals surface area contributed by atoms with E-state index in [0.29, 0.717) is 13.2 Å². The number of benzene rings is 1. The third kappa shape index (κ3) is 3.13. The maximum Gasteiger partial charge on any atom is 0.194 e. The highest BCUT2D eigenvalue weighted by molar-refractivity contribution is 5.24. The van der Waals surface area contributed by atoms with E-state index in [-0.39, 0.29) is 5.56 Å². The lowest BCUT2D eigenvalue weighted by Gasteiger charge is -2.35. The molecule has 2 atom stereocenters. The topological polar surface area (TPSA) is 38.5 Å². The fourth-order valence-corrected chi connectivity index (χ4v) is 2.47. The van der Waals surface area contributed by atoms with E-state index in [1.165, 1.54) is 6.07 Å². The van der Waals surface area contributed by atoms with Gasteiger partial charge in [-0.3, -0.25) is 4.90 Å². The summed E-state index contributed by atoms with van der Waals surface area (Å²) < 4.78 is 45.5. The molecule has 2 unspecified atom stereocenters. The average molecular weight is 288 g/mol. The Morgan fingerprint density at radius 3 is 2.80 bits per heavy atom. The van der Waals surface area contributed by atoms with Crippen LogP contribution in [0.4, 0.5) is 13.2 Å². The highest BCUT2D eigenvalue weighted by atomic mass is 19.2. The number of ether oxygens (including phenoxy) is 1. The van der Waals surface area contributed by atoms with Gasteiger partial charge in [-0.1, -0.05) is 13.0 Å². The molecule has 0 aliphatic carbocycles. The smallest absolute Gasteiger partial charge is 0.194 e. The molecule has 0 aromatic heterocycles. The molecule has 1 aromatic rings. The van der Waals surface area contributed by atoms with Gasteiger partial charge in [0.1, 0.15) is 0 Å². The van der Waals surface area contributed by atoms with Crippen LogP contribution in [0.5, 0.6) is 0 Å². The van der Waals surface area contributed by atoms with E-state index in [1.807, 2.05) is 0 Å². The molecule has 1 aliphatic heterocycles. The molecule has 1 heterocycles. The molecule has 0 amide bonds. The van der Waals surface area contributed by atoms with E-state index >= 15 is 0 Å². The van der Waals surface area contributed by atoms with Gasteiger partial charge in [0.05, 0.1) is 18.8 Å². The Morgan fingerprint density at radius 2 is 2.10 bits per heavy atom. The summed E-state index contributed by atoms with van der Waals surface area (Å²) in [6.07, 6.45) is 0.580. The minimum Gasteiger partial charge on any atom is -0.374 e. The van der Waals surface area contributed by atoms with Gasteiger partial charge in [0.2, 0.25) is 0 Å². The largest absolute Gasteiger partial charge is 0.374 e. The number of morpholine rings is 1. The molecule has 2 rings (SSSR count). The number of nitrogens with zero attached hydrogens (tertiary/aromatic N) is 1. The predicted octanol–water partition coefficient (Wildman–Crippen LogP) is 2.21. The second-order valence-electron chi connectivity index (χ2n) is 5.00. The molecule has 3 nitrogen and oxygen atoms in total. The van der Waals surface area contributed by atoms with Gasteiger partial charge in [0, 0.05) is 18.7 Å². The first-order valence-electron chi connectivity index (χ1n) is 6.77. The Labute approximate surface area is 116 Å². The molecule has 1 aromatic carbocycles. The minimum absolute atomic E-state index is 0.0488. The molecular weight excluding hydrogens is 269 g/mol. The van der Waals surface area contributed by atoms with E-state index < -0.39 is 29.6 Å². The van der Waals surface area contributed by atoms with Gasteiger partial charge < -0.3 is 10.5 Å². The Hall–Kier alpha value is -1.11. The lowest BCUT2D eigenvalue weighted by molar-refractivity contribution is -0.0413. The minimum atomic E-state index is -1.49. The number of hydrogen-bond donors (Lipinski definition) is 1. The summed E-state index contributed by atoms with van der Waals surface area (Å²) in [5.74, 6) is -3.93. The van der Waals surface area contributed by atoms with Crippen LogP contribution in [-0.2, 0) is 4.74 Å². The Morgan fingerprint density at radius 1 is 1.35 bits per heavy atom. The zero-order chi connectivity index (χ0) is 14.7. The van der Waals surface area contributed by atoms with Crippen molar-refractivity contribution in [2.45, 2.75) is 25.5 Å². The first-order valence-corrected chi connectivity index (χ1v) is 6.77. The number of halogens is 3. The highest BCUT2D eigenvalue weighted by Gasteiger charge is 2.29. The van der Waals surface area contributed by atoms with Crippen molar-refractivity contribution in [3.05, 3.63) is 35.1 Å². The molecule has 1 fully saturated rings. The van der Waals surface area contributed by atoms with Crippen LogP contribution in [-0.4, -0.2) is 37.2 Å². The van der Waals surface area contributed by atoms with Crippen molar-refractivity contribution in [2.75, 3.05) is 26.2 Å². The van der Waals surface area contributed by atoms with Crippen LogP contribution >= 0.6 is 0 Å². The van der Waals surface area contributed by atoms with Crippen molar-refractivity contribution in [1.29, 1.82) is 0 Å². The van der Waals surface area contributed by atoms with Crippen LogP contribution in [0.3, 0.4) is 0 Å². The van der Waals surface area contributed by atoms with Gasteiger partial charge in [-0.25, -0.2) is 13.2 Å². The number of hydrogen-bond acceptors (Lipinski definition) is 3. The number of rotatable bonds is 4. The molecule has 1 aliphatic rings. The van der Waals surface area contributed by atoms with E-state index in [9.17, 15) is 13.2 Å². The van der Waals surface area contributed by atoms with Crippen LogP contribution < -0.4 is 5.73 Å². The van der Waals surface area contributed by atoms with Crippen molar-refractivity contribution in [2.24, 2.45) is 5.73 Å². The quantitative estimate of drug-likeness (QED) is 0.863. The summed E-state index contributed by atoms with van der Waals surface area (Å²) in [4.78, 5) is 2.17. The Balaban J connectivity index is 2.14. The molecule has 6 heteroatoms. The SMILES string of the molecule is CCCN1CCOC(C(N)c2ccc(F)c(F)c2F)C1. The van der Waals surface area contributed by atoms with Crippen LogP contribution in [0.15, 0.2) is 12.1 Å². The lowest BCUT2D eigenvalue weighted by atomic mass is 10.00. The van der Waals surface area contributed by atoms with Crippen molar-refractivity contribution in [1.82, 2.24) is 4.90 Å². The van der Waals surface area contributed by atoms with Gasteiger partial charge in [-0.05, 0) is 19.0 Å². The maximum atomic E-state index is 13.7. The summed E-state index contributed by atoms with van der Waals surface area (Å²) in [5.41, 5.74) is 5.92. The lowest BCUT2D eigenvalue weighted by Crippen LogP contribution is -2.47. The standard InChI is InChI=1S/C14H19F3N2O/c1-2-5-19-6-7-20-11(8-19)14(18)9-3-4-10(15)13(17)12(9)16/h3-4,11,14H,2,5-8,18H2,1H3. The fraction of sp³-hybridized carbons (Fsp3) is 0.571. The molecule has 0 saturated carbocycles. The molecular formula is C14H19F3N2O. The second-order valence-corrected chi connectivity index (χ2v) is 5.00. The van der Waals surface area contributed by atoms with Crippen molar-refractivity contribution in [3.8, 4) is 0 Å². The Kier molecular flexibility index (Phi) is 5.01. The van der Waals surface area contributed by atoms with Crippen LogP contribution in [0.2, 0.25) is 0 Å². The first kappa shape index (κ1) is 15.3. The zero-order valence-corrected chi connectivity index (χ0v) is 11.4. The summed E-state index contributed by atoms with van der Waals surface area (Å²) >= 11 is 0. The Bertz CT molecular complexity index is 468. The van der Waals surface area contributed by atoms with Crippen LogP contribution in [0, 0.1) is 17.5 Å². The van der Waals surface area contributed by atoms with Crippen LogP contribution in [0.1, 0.15) is 24.9 Å². The maximum absolute atomic E-state index is 13.7. The summed E-state index contributed by atoms with van der Waals surface area (Å²) in [5, 5.41) is 0. The van der Waals surface area contributed by atoms with E-state index in [0.717, 1.165) is 25.6 Å². The summed E-state index contributed by atoms with van der Waals surface area (Å²) in [6, 6.07) is 1.26. The van der Waals surface area contributed by atoms with Crippen molar-refractivity contribution >= 4 is 0 Å². The normalized spacial score (nSPS) is 21.9. The molecule has 2 N–H and O–H groups in total. The number of nitrogens with two attached hydrogens (primary N) is 1. The van der Waals surface area contributed by atoms with E-state index in [4.69, 9.17) is 10.5 Å². The predicted molar refractivity (Wildman–Crippen MR) is 69.7 cm³/mol. The van der Waals surface area contributed by atoms with E-state index in [2.05, 4.69) is 11.8 Å². The van der Waals surface area contributed by atoms with Crippen molar-refractivity contribution in [3.63, 3.8) is 0 Å². The van der Waals surface area contributed by atoms with Crippen molar-refractivity contribution < 1.29 is 17.9 Å². The third-order valence-corrected chi connectivity index (χ3v) is 3.54. The van der Waals surface area contributed by atoms with Gasteiger partial charge >= 0.3 is 0 Å². The average Bonchev–Trinajstić information content (AvgIpc) is 2.45. The fourth-order valence-electron chi connectivity index (χ4n) is 2.47. The zero-order valence-electron chi connectivity index (χ0n) is 11.4. The van der Waals surface area contributed by atoms with E-state index in [1.54, 1.807) is 0 Å². The van der Waals surface area contributed by atoms with Crippen LogP contribution in [0.25, 0.3) is 0 Å². The molecule has 0 radical (unpaired) electrons. The second kappa shape index (κ2) is 6.56. The summed E-state index contributed by atoms with van der Waals surface area (Å²) in [6.45, 7) is 4.85. The molecule has 20 heavy (non-hydrogen) atoms. The van der Waals surface area contributed by atoms with Gasteiger partial charge in [-0.2, -0.15) is 0 Å². The third-order valence-electron chi connectivity index (χ3n) is 3.54. The summed E-state index contributed by atoms with van der Waals surface area (Å²) in [7, 11) is 0. The molecule has 112 valence electrons. The highest BCUT2D eigenvalue weighted by Crippen LogP contribution is 2.25. The molecule has 0 bridgehead atoms.